The highest BCUT2D eigenvalue weighted by atomic mass is 35.5. The molecular weight excluding hydrogens is 205 g/mol. The molecule has 3 heteroatoms. The molecule has 2 N–H and O–H groups in total. The van der Waals surface area contributed by atoms with Crippen molar-refractivity contribution in [3.63, 3.8) is 0 Å². The summed E-state index contributed by atoms with van der Waals surface area (Å²) in [6.45, 7) is 0. The topological polar surface area (TPSA) is 26.0 Å². The largest absolute Gasteiger partial charge is 0.324 e. The maximum Gasteiger partial charge on any atom is 0.0406 e. The van der Waals surface area contributed by atoms with E-state index in [2.05, 4.69) is 0 Å². The first kappa shape index (κ1) is 10.8. The first-order valence-electron chi connectivity index (χ1n) is 4.28. The van der Waals surface area contributed by atoms with Crippen LogP contribution in [-0.2, 0) is 0 Å². The summed E-state index contributed by atoms with van der Waals surface area (Å²) < 4.78 is 0. The molecule has 0 aromatic heterocycles. The van der Waals surface area contributed by atoms with E-state index in [0.29, 0.717) is 5.92 Å². The van der Waals surface area contributed by atoms with Crippen molar-refractivity contribution in [3.05, 3.63) is 34.9 Å². The average Bonchev–Trinajstić information content (AvgIpc) is 2.87. The molecule has 1 aromatic carbocycles. The van der Waals surface area contributed by atoms with Gasteiger partial charge in [0.05, 0.1) is 0 Å². The number of rotatable bonds is 2. The van der Waals surface area contributed by atoms with Crippen molar-refractivity contribution in [1.82, 2.24) is 0 Å². The summed E-state index contributed by atoms with van der Waals surface area (Å²) in [4.78, 5) is 0. The smallest absolute Gasteiger partial charge is 0.0406 e. The van der Waals surface area contributed by atoms with Gasteiger partial charge in [-0.25, -0.2) is 0 Å². The third-order valence-corrected chi connectivity index (χ3v) is 2.64. The van der Waals surface area contributed by atoms with E-state index in [1.807, 2.05) is 24.3 Å². The fourth-order valence-electron chi connectivity index (χ4n) is 1.41. The molecule has 13 heavy (non-hydrogen) atoms. The summed E-state index contributed by atoms with van der Waals surface area (Å²) in [5.41, 5.74) is 7.22. The standard InChI is InChI=1S/C10H12ClN.ClH/c11-9-5-3-8(4-6-9)10(12)7-1-2-7;/h3-7,10H,1-2,12H2;1H. The van der Waals surface area contributed by atoms with Crippen LogP contribution in [0.2, 0.25) is 5.02 Å². The third kappa shape index (κ3) is 2.60. The van der Waals surface area contributed by atoms with Crippen molar-refractivity contribution in [3.8, 4) is 0 Å². The Bertz CT molecular complexity index is 267. The van der Waals surface area contributed by atoms with Crippen LogP contribution >= 0.6 is 24.0 Å². The highest BCUT2D eigenvalue weighted by Crippen LogP contribution is 2.39. The monoisotopic (exact) mass is 217 g/mol. The van der Waals surface area contributed by atoms with E-state index >= 15 is 0 Å². The Hall–Kier alpha value is -0.240. The second-order valence-electron chi connectivity index (χ2n) is 3.41. The second kappa shape index (κ2) is 4.32. The number of benzene rings is 1. The molecule has 0 aliphatic heterocycles. The van der Waals surface area contributed by atoms with Crippen LogP contribution in [0.15, 0.2) is 24.3 Å². The van der Waals surface area contributed by atoms with Crippen LogP contribution in [0.3, 0.4) is 0 Å². The highest BCUT2D eigenvalue weighted by molar-refractivity contribution is 6.30. The zero-order chi connectivity index (χ0) is 8.55. The van der Waals surface area contributed by atoms with Crippen LogP contribution < -0.4 is 5.73 Å². The first-order valence-corrected chi connectivity index (χ1v) is 4.66. The molecule has 0 heterocycles. The Morgan fingerprint density at radius 3 is 2.23 bits per heavy atom. The van der Waals surface area contributed by atoms with Gasteiger partial charge in [-0.05, 0) is 36.5 Å². The normalized spacial score (nSPS) is 17.7. The van der Waals surface area contributed by atoms with Crippen molar-refractivity contribution < 1.29 is 0 Å². The molecule has 1 aliphatic carbocycles. The SMILES string of the molecule is Cl.NC(c1ccc(Cl)cc1)C1CC1. The molecule has 1 nitrogen and oxygen atoms in total. The highest BCUT2D eigenvalue weighted by Gasteiger charge is 2.29. The van der Waals surface area contributed by atoms with E-state index in [9.17, 15) is 0 Å². The van der Waals surface area contributed by atoms with Crippen LogP contribution in [0.5, 0.6) is 0 Å². The van der Waals surface area contributed by atoms with E-state index in [0.717, 1.165) is 5.02 Å². The van der Waals surface area contributed by atoms with Crippen LogP contribution in [0.4, 0.5) is 0 Å². The summed E-state index contributed by atoms with van der Waals surface area (Å²) in [7, 11) is 0. The van der Waals surface area contributed by atoms with Crippen molar-refractivity contribution in [2.75, 3.05) is 0 Å². The van der Waals surface area contributed by atoms with Crippen molar-refractivity contribution in [2.45, 2.75) is 18.9 Å². The van der Waals surface area contributed by atoms with Crippen molar-refractivity contribution in [1.29, 1.82) is 0 Å². The zero-order valence-electron chi connectivity index (χ0n) is 7.24. The quantitative estimate of drug-likeness (QED) is 0.810. The fraction of sp³-hybridized carbons (Fsp3) is 0.400. The number of nitrogens with two attached hydrogens (primary N) is 1. The number of hydrogen-bond donors (Lipinski definition) is 1. The third-order valence-electron chi connectivity index (χ3n) is 2.38. The Morgan fingerprint density at radius 1 is 1.23 bits per heavy atom. The second-order valence-corrected chi connectivity index (χ2v) is 3.85. The van der Waals surface area contributed by atoms with Gasteiger partial charge >= 0.3 is 0 Å². The van der Waals surface area contributed by atoms with Gasteiger partial charge in [0.15, 0.2) is 0 Å². The predicted molar refractivity (Wildman–Crippen MR) is 58.4 cm³/mol. The number of hydrogen-bond acceptors (Lipinski definition) is 1. The lowest BCUT2D eigenvalue weighted by molar-refractivity contribution is 0.633. The molecule has 1 aliphatic rings. The molecule has 0 radical (unpaired) electrons. The first-order chi connectivity index (χ1) is 5.77. The van der Waals surface area contributed by atoms with E-state index in [-0.39, 0.29) is 18.4 Å². The van der Waals surface area contributed by atoms with E-state index in [1.54, 1.807) is 0 Å². The molecule has 1 fully saturated rings. The van der Waals surface area contributed by atoms with Gasteiger partial charge in [-0.1, -0.05) is 23.7 Å². The van der Waals surface area contributed by atoms with E-state index in [1.165, 1.54) is 18.4 Å². The molecule has 72 valence electrons. The van der Waals surface area contributed by atoms with Crippen LogP contribution in [0, 0.1) is 5.92 Å². The Balaban J connectivity index is 0.000000845. The molecule has 0 bridgehead atoms. The molecule has 0 amide bonds. The van der Waals surface area contributed by atoms with Crippen LogP contribution in [-0.4, -0.2) is 0 Å². The van der Waals surface area contributed by atoms with Gasteiger partial charge in [0.2, 0.25) is 0 Å². The summed E-state index contributed by atoms with van der Waals surface area (Å²) in [6.07, 6.45) is 2.56. The minimum atomic E-state index is 0. The summed E-state index contributed by atoms with van der Waals surface area (Å²) in [5.74, 6) is 0.714. The van der Waals surface area contributed by atoms with Crippen LogP contribution in [0.1, 0.15) is 24.4 Å². The lowest BCUT2D eigenvalue weighted by Gasteiger charge is -2.09. The zero-order valence-corrected chi connectivity index (χ0v) is 8.81. The van der Waals surface area contributed by atoms with Gasteiger partial charge in [0.1, 0.15) is 0 Å². The van der Waals surface area contributed by atoms with Gasteiger partial charge in [-0.2, -0.15) is 0 Å². The lowest BCUT2D eigenvalue weighted by Crippen LogP contribution is -2.11. The Kier molecular flexibility index (Phi) is 3.60. The van der Waals surface area contributed by atoms with Crippen molar-refractivity contribution >= 4 is 24.0 Å². The van der Waals surface area contributed by atoms with Gasteiger partial charge in [0.25, 0.3) is 0 Å². The molecular formula is C10H13Cl2N. The maximum absolute atomic E-state index is 6.01. The van der Waals surface area contributed by atoms with Crippen molar-refractivity contribution in [2.24, 2.45) is 11.7 Å². The molecule has 0 spiro atoms. The molecule has 1 atom stereocenters. The minimum Gasteiger partial charge on any atom is -0.324 e. The van der Waals surface area contributed by atoms with E-state index in [4.69, 9.17) is 17.3 Å². The lowest BCUT2D eigenvalue weighted by atomic mass is 10.0. The molecule has 1 unspecified atom stereocenters. The Labute approximate surface area is 89.7 Å². The molecule has 1 saturated carbocycles. The maximum atomic E-state index is 6.01. The summed E-state index contributed by atoms with van der Waals surface area (Å²) in [5, 5.41) is 0.779. The molecule has 0 saturated heterocycles. The van der Waals surface area contributed by atoms with E-state index < -0.39 is 0 Å². The van der Waals surface area contributed by atoms with Gasteiger partial charge < -0.3 is 5.73 Å². The van der Waals surface area contributed by atoms with Gasteiger partial charge in [-0.3, -0.25) is 0 Å². The van der Waals surface area contributed by atoms with Crippen LogP contribution in [0.25, 0.3) is 0 Å². The average molecular weight is 218 g/mol. The predicted octanol–water partition coefficient (Wildman–Crippen LogP) is 3.17. The molecule has 1 aromatic rings. The van der Waals surface area contributed by atoms with Gasteiger partial charge in [-0.15, -0.1) is 12.4 Å². The fourth-order valence-corrected chi connectivity index (χ4v) is 1.54. The number of halogens is 2. The summed E-state index contributed by atoms with van der Waals surface area (Å²) >= 11 is 5.77. The Morgan fingerprint density at radius 2 is 1.77 bits per heavy atom. The molecule has 2 rings (SSSR count). The van der Waals surface area contributed by atoms with Gasteiger partial charge in [0, 0.05) is 11.1 Å². The minimum absolute atomic E-state index is 0. The summed E-state index contributed by atoms with van der Waals surface area (Å²) in [6, 6.07) is 8.07.